The largest absolute Gasteiger partial charge is 0.397 e. The minimum atomic E-state index is -0.582. The van der Waals surface area contributed by atoms with Crippen LogP contribution in [0.4, 0.5) is 5.69 Å². The van der Waals surface area contributed by atoms with Crippen molar-refractivity contribution in [2.75, 3.05) is 5.73 Å². The number of carbonyl (C=O) groups is 1. The summed E-state index contributed by atoms with van der Waals surface area (Å²) in [6.45, 7) is 0. The molecule has 0 unspecified atom stereocenters. The number of carbonyl (C=O) groups excluding carboxylic acids is 1. The zero-order chi connectivity index (χ0) is 14.1. The number of rotatable bonds is 3. The molecule has 3 aromatic rings. The Balaban J connectivity index is 2.05. The van der Waals surface area contributed by atoms with Crippen LogP contribution in [0.5, 0.6) is 0 Å². The van der Waals surface area contributed by atoms with Gasteiger partial charge in [0.05, 0.1) is 17.4 Å². The molecule has 0 saturated carbocycles. The van der Waals surface area contributed by atoms with E-state index in [2.05, 4.69) is 15.2 Å². The van der Waals surface area contributed by atoms with Crippen LogP contribution in [0.2, 0.25) is 0 Å². The van der Waals surface area contributed by atoms with Crippen LogP contribution in [0.1, 0.15) is 10.4 Å². The molecule has 3 aromatic heterocycles. The van der Waals surface area contributed by atoms with Gasteiger partial charge in [-0.25, -0.2) is 4.98 Å². The van der Waals surface area contributed by atoms with Crippen LogP contribution in [-0.2, 0) is 0 Å². The van der Waals surface area contributed by atoms with Crippen LogP contribution in [0.3, 0.4) is 0 Å². The fraction of sp³-hybridized carbons (Fsp3) is 0. The van der Waals surface area contributed by atoms with Crippen LogP contribution in [0.15, 0.2) is 46.8 Å². The summed E-state index contributed by atoms with van der Waals surface area (Å²) in [5, 5.41) is 9.14. The molecule has 0 aliphatic rings. The maximum absolute atomic E-state index is 11.4. The zero-order valence-electron chi connectivity index (χ0n) is 10.2. The number of hydrogen-bond acceptors (Lipinski definition) is 6. The number of amides is 1. The second-order valence-corrected chi connectivity index (χ2v) is 4.96. The molecule has 20 heavy (non-hydrogen) atoms. The predicted molar refractivity (Wildman–Crippen MR) is 74.3 cm³/mol. The van der Waals surface area contributed by atoms with Crippen molar-refractivity contribution in [2.45, 2.75) is 10.2 Å². The van der Waals surface area contributed by atoms with Gasteiger partial charge in [-0.15, -0.1) is 10.2 Å². The van der Waals surface area contributed by atoms with E-state index in [-0.39, 0.29) is 5.56 Å². The Morgan fingerprint density at radius 2 is 2.15 bits per heavy atom. The second-order valence-electron chi connectivity index (χ2n) is 4.00. The van der Waals surface area contributed by atoms with Gasteiger partial charge in [0.1, 0.15) is 5.03 Å². The molecule has 7 nitrogen and oxygen atoms in total. The summed E-state index contributed by atoms with van der Waals surface area (Å²) in [4.78, 5) is 15.6. The molecule has 0 bridgehead atoms. The summed E-state index contributed by atoms with van der Waals surface area (Å²) < 4.78 is 1.80. The molecule has 3 rings (SSSR count). The van der Waals surface area contributed by atoms with E-state index in [0.717, 1.165) is 0 Å². The van der Waals surface area contributed by atoms with Crippen LogP contribution in [-0.4, -0.2) is 25.5 Å². The zero-order valence-corrected chi connectivity index (χ0v) is 11.0. The summed E-state index contributed by atoms with van der Waals surface area (Å²) in [6, 6.07) is 7.07. The number of nitrogens with zero attached hydrogens (tertiary/aromatic N) is 4. The second kappa shape index (κ2) is 4.82. The molecule has 0 aliphatic heterocycles. The van der Waals surface area contributed by atoms with Gasteiger partial charge in [-0.2, -0.15) is 0 Å². The van der Waals surface area contributed by atoms with Crippen molar-refractivity contribution < 1.29 is 4.79 Å². The van der Waals surface area contributed by atoms with Crippen molar-refractivity contribution in [1.29, 1.82) is 0 Å². The number of nitrogens with two attached hydrogens (primary N) is 2. The number of nitrogen functional groups attached to an aromatic ring is 1. The first kappa shape index (κ1) is 12.4. The van der Waals surface area contributed by atoms with Crippen LogP contribution >= 0.6 is 11.8 Å². The van der Waals surface area contributed by atoms with E-state index in [1.165, 1.54) is 24.0 Å². The van der Waals surface area contributed by atoms with Crippen LogP contribution in [0, 0.1) is 0 Å². The molecule has 0 aromatic carbocycles. The molecule has 100 valence electrons. The van der Waals surface area contributed by atoms with Gasteiger partial charge in [-0.05, 0) is 30.0 Å². The van der Waals surface area contributed by atoms with Gasteiger partial charge in [-0.3, -0.25) is 9.20 Å². The first-order valence-corrected chi connectivity index (χ1v) is 6.50. The lowest BCUT2D eigenvalue weighted by Crippen LogP contribution is -2.13. The Morgan fingerprint density at radius 3 is 2.95 bits per heavy atom. The van der Waals surface area contributed by atoms with Crippen LogP contribution in [0.25, 0.3) is 5.65 Å². The van der Waals surface area contributed by atoms with Crippen molar-refractivity contribution in [3.8, 4) is 0 Å². The maximum Gasteiger partial charge on any atom is 0.251 e. The monoisotopic (exact) mass is 286 g/mol. The molecule has 0 fully saturated rings. The molecule has 8 heteroatoms. The van der Waals surface area contributed by atoms with E-state index >= 15 is 0 Å². The third kappa shape index (κ3) is 2.16. The summed E-state index contributed by atoms with van der Waals surface area (Å²) in [5.41, 5.74) is 12.3. The van der Waals surface area contributed by atoms with Gasteiger partial charge in [0, 0.05) is 6.20 Å². The van der Waals surface area contributed by atoms with Crippen molar-refractivity contribution in [2.24, 2.45) is 5.73 Å². The van der Waals surface area contributed by atoms with Crippen molar-refractivity contribution in [3.63, 3.8) is 0 Å². The highest BCUT2D eigenvalue weighted by Gasteiger charge is 2.15. The van der Waals surface area contributed by atoms with E-state index in [9.17, 15) is 4.79 Å². The fourth-order valence-corrected chi connectivity index (χ4v) is 2.58. The van der Waals surface area contributed by atoms with E-state index in [1.807, 2.05) is 24.4 Å². The SMILES string of the molecule is NC(=O)c1cc(N)cnc1Sc1nnc2ccccn12. The van der Waals surface area contributed by atoms with Gasteiger partial charge in [0.25, 0.3) is 5.91 Å². The quantitative estimate of drug-likeness (QED) is 0.741. The summed E-state index contributed by atoms with van der Waals surface area (Å²) in [7, 11) is 0. The highest BCUT2D eigenvalue weighted by Crippen LogP contribution is 2.28. The lowest BCUT2D eigenvalue weighted by atomic mass is 10.2. The Bertz CT molecular complexity index is 799. The smallest absolute Gasteiger partial charge is 0.251 e. The average Bonchev–Trinajstić information content (AvgIpc) is 2.84. The minimum absolute atomic E-state index is 0.266. The normalized spacial score (nSPS) is 10.8. The topological polar surface area (TPSA) is 112 Å². The number of anilines is 1. The molecular weight excluding hydrogens is 276 g/mol. The summed E-state index contributed by atoms with van der Waals surface area (Å²) in [6.07, 6.45) is 3.30. The lowest BCUT2D eigenvalue weighted by molar-refractivity contribution is 0.0997. The summed E-state index contributed by atoms with van der Waals surface area (Å²) >= 11 is 1.21. The van der Waals surface area contributed by atoms with Crippen molar-refractivity contribution >= 4 is 29.0 Å². The fourth-order valence-electron chi connectivity index (χ4n) is 1.70. The maximum atomic E-state index is 11.4. The lowest BCUT2D eigenvalue weighted by Gasteiger charge is -2.05. The average molecular weight is 286 g/mol. The van der Waals surface area contributed by atoms with Gasteiger partial charge < -0.3 is 11.5 Å². The molecule has 1 amide bonds. The molecule has 0 atom stereocenters. The highest BCUT2D eigenvalue weighted by molar-refractivity contribution is 7.99. The van der Waals surface area contributed by atoms with Gasteiger partial charge in [0.2, 0.25) is 5.16 Å². The predicted octanol–water partition coefficient (Wildman–Crippen LogP) is 0.957. The number of primary amides is 1. The Morgan fingerprint density at radius 1 is 1.30 bits per heavy atom. The van der Waals surface area contributed by atoms with Crippen LogP contribution < -0.4 is 11.5 Å². The van der Waals surface area contributed by atoms with E-state index in [0.29, 0.717) is 21.5 Å². The van der Waals surface area contributed by atoms with E-state index < -0.39 is 5.91 Å². The third-order valence-electron chi connectivity index (χ3n) is 2.61. The van der Waals surface area contributed by atoms with Gasteiger partial charge >= 0.3 is 0 Å². The third-order valence-corrected chi connectivity index (χ3v) is 3.59. The van der Waals surface area contributed by atoms with Crippen molar-refractivity contribution in [3.05, 3.63) is 42.2 Å². The summed E-state index contributed by atoms with van der Waals surface area (Å²) in [5.74, 6) is -0.582. The van der Waals surface area contributed by atoms with E-state index in [1.54, 1.807) is 4.40 Å². The molecule has 0 aliphatic carbocycles. The first-order valence-electron chi connectivity index (χ1n) is 5.68. The van der Waals surface area contributed by atoms with Gasteiger partial charge in [0.15, 0.2) is 5.65 Å². The Labute approximate surface area is 118 Å². The number of fused-ring (bicyclic) bond motifs is 1. The number of pyridine rings is 2. The van der Waals surface area contributed by atoms with Crippen molar-refractivity contribution in [1.82, 2.24) is 19.6 Å². The van der Waals surface area contributed by atoms with Gasteiger partial charge in [-0.1, -0.05) is 6.07 Å². The minimum Gasteiger partial charge on any atom is -0.397 e. The molecule has 3 heterocycles. The molecular formula is C12H10N6OS. The number of aromatic nitrogens is 4. The first-order chi connectivity index (χ1) is 9.65. The Kier molecular flexibility index (Phi) is 2.99. The molecule has 0 spiro atoms. The molecule has 0 radical (unpaired) electrons. The Hall–Kier alpha value is -2.61. The number of hydrogen-bond donors (Lipinski definition) is 2. The highest BCUT2D eigenvalue weighted by atomic mass is 32.2. The standard InChI is InChI=1S/C12H10N6OS/c13-7-5-8(10(14)19)11(15-6-7)20-12-17-16-9-3-1-2-4-18(9)12/h1-6H,13H2,(H2,14,19). The van der Waals surface area contributed by atoms with E-state index in [4.69, 9.17) is 11.5 Å². The molecule has 4 N–H and O–H groups in total. The molecule has 0 saturated heterocycles.